The number of benzene rings is 3. The molecule has 0 fully saturated rings. The average molecular weight is 489 g/mol. The third kappa shape index (κ3) is 5.12. The van der Waals surface area contributed by atoms with Crippen LogP contribution in [0.2, 0.25) is 0 Å². The zero-order valence-corrected chi connectivity index (χ0v) is 19.0. The van der Waals surface area contributed by atoms with Gasteiger partial charge in [-0.1, -0.05) is 18.2 Å². The predicted molar refractivity (Wildman–Crippen MR) is 127 cm³/mol. The summed E-state index contributed by atoms with van der Waals surface area (Å²) in [5, 5.41) is 4.77. The van der Waals surface area contributed by atoms with Gasteiger partial charge in [0.1, 0.15) is 5.82 Å². The molecular weight excluding hydrogens is 469 g/mol. The topological polar surface area (TPSA) is 122 Å². The number of ether oxygens (including phenoxy) is 1. The number of carbonyl (C=O) groups excluding carboxylic acids is 5. The molecule has 3 aromatic carbocycles. The maximum absolute atomic E-state index is 12.9. The molecule has 0 aromatic heterocycles. The molecule has 0 unspecified atom stereocenters. The van der Waals surface area contributed by atoms with Gasteiger partial charge < -0.3 is 15.4 Å². The Hall–Kier alpha value is -4.86. The van der Waals surface area contributed by atoms with Crippen LogP contribution in [-0.2, 0) is 14.3 Å². The molecule has 0 radical (unpaired) electrons. The first-order valence-electron chi connectivity index (χ1n) is 10.8. The Bertz CT molecular complexity index is 1390. The predicted octanol–water partition coefficient (Wildman–Crippen LogP) is 2.85. The number of nitrogens with zero attached hydrogens (tertiary/aromatic N) is 1. The molecule has 1 aliphatic rings. The van der Waals surface area contributed by atoms with Crippen molar-refractivity contribution in [2.75, 3.05) is 23.4 Å². The Balaban J connectivity index is 1.32. The van der Waals surface area contributed by atoms with E-state index in [2.05, 4.69) is 10.6 Å². The number of carbonyl (C=O) groups is 5. The van der Waals surface area contributed by atoms with Crippen molar-refractivity contribution in [2.45, 2.75) is 6.92 Å². The molecule has 1 heterocycles. The van der Waals surface area contributed by atoms with Gasteiger partial charge in [-0.05, 0) is 61.0 Å². The summed E-state index contributed by atoms with van der Waals surface area (Å²) < 4.78 is 17.9. The lowest BCUT2D eigenvalue weighted by molar-refractivity contribution is -0.126. The number of nitrogens with one attached hydrogen (secondary N) is 2. The number of halogens is 1. The molecule has 3 aromatic rings. The van der Waals surface area contributed by atoms with Crippen LogP contribution in [0.4, 0.5) is 15.8 Å². The van der Waals surface area contributed by atoms with Crippen molar-refractivity contribution >= 4 is 41.0 Å². The standard InChI is InChI=1S/C26H20FN3O6/c1-15-4-2-3-5-21(15)30-24(33)19-11-6-16(12-20(19)25(30)34)26(35)36-14-23(32)28-13-22(31)29-18-9-7-17(27)8-10-18/h2-12H,13-14H2,1H3,(H,28,32)(H,29,31). The lowest BCUT2D eigenvalue weighted by Crippen LogP contribution is -2.35. The number of rotatable bonds is 7. The van der Waals surface area contributed by atoms with Crippen LogP contribution in [0.3, 0.4) is 0 Å². The van der Waals surface area contributed by atoms with E-state index in [9.17, 15) is 28.4 Å². The number of amides is 4. The van der Waals surface area contributed by atoms with Gasteiger partial charge in [-0.25, -0.2) is 14.1 Å². The number of fused-ring (bicyclic) bond motifs is 1. The number of aryl methyl sites for hydroxylation is 1. The first-order valence-corrected chi connectivity index (χ1v) is 10.8. The van der Waals surface area contributed by atoms with Crippen molar-refractivity contribution < 1.29 is 33.1 Å². The monoisotopic (exact) mass is 489 g/mol. The fourth-order valence-electron chi connectivity index (χ4n) is 3.58. The van der Waals surface area contributed by atoms with E-state index < -0.39 is 48.6 Å². The maximum atomic E-state index is 12.9. The van der Waals surface area contributed by atoms with E-state index in [0.717, 1.165) is 10.5 Å². The average Bonchev–Trinajstić information content (AvgIpc) is 3.12. The zero-order valence-electron chi connectivity index (χ0n) is 19.0. The number of hydrogen-bond donors (Lipinski definition) is 2. The number of para-hydroxylation sites is 1. The molecule has 2 N–H and O–H groups in total. The molecule has 4 amide bonds. The van der Waals surface area contributed by atoms with Crippen LogP contribution in [0.5, 0.6) is 0 Å². The van der Waals surface area contributed by atoms with Gasteiger partial charge in [0.15, 0.2) is 6.61 Å². The number of imide groups is 1. The second-order valence-electron chi connectivity index (χ2n) is 7.90. The molecule has 0 atom stereocenters. The van der Waals surface area contributed by atoms with Crippen LogP contribution in [0.1, 0.15) is 36.6 Å². The Morgan fingerprint density at radius 3 is 2.31 bits per heavy atom. The summed E-state index contributed by atoms with van der Waals surface area (Å²) in [5.41, 5.74) is 1.75. The minimum Gasteiger partial charge on any atom is -0.452 e. The molecule has 0 bridgehead atoms. The summed E-state index contributed by atoms with van der Waals surface area (Å²) in [6, 6.07) is 16.0. The van der Waals surface area contributed by atoms with Crippen molar-refractivity contribution in [1.82, 2.24) is 5.32 Å². The van der Waals surface area contributed by atoms with E-state index in [0.29, 0.717) is 11.4 Å². The Kier molecular flexibility index (Phi) is 6.86. The summed E-state index contributed by atoms with van der Waals surface area (Å²) in [7, 11) is 0. The summed E-state index contributed by atoms with van der Waals surface area (Å²) in [6.07, 6.45) is 0. The van der Waals surface area contributed by atoms with E-state index >= 15 is 0 Å². The van der Waals surface area contributed by atoms with Crippen molar-refractivity contribution in [2.24, 2.45) is 0 Å². The van der Waals surface area contributed by atoms with Crippen LogP contribution < -0.4 is 15.5 Å². The maximum Gasteiger partial charge on any atom is 0.338 e. The smallest absolute Gasteiger partial charge is 0.338 e. The largest absolute Gasteiger partial charge is 0.452 e. The number of anilines is 2. The van der Waals surface area contributed by atoms with Gasteiger partial charge in [-0.15, -0.1) is 0 Å². The summed E-state index contributed by atoms with van der Waals surface area (Å²) in [5.74, 6) is -3.67. The van der Waals surface area contributed by atoms with Crippen molar-refractivity contribution in [3.05, 3.63) is 94.8 Å². The lowest BCUT2D eigenvalue weighted by Gasteiger charge is -2.16. The Labute approximate surface area is 204 Å². The fourth-order valence-corrected chi connectivity index (χ4v) is 3.58. The van der Waals surface area contributed by atoms with E-state index in [1.54, 1.807) is 31.2 Å². The summed E-state index contributed by atoms with van der Waals surface area (Å²) in [4.78, 5) is 63.1. The third-order valence-electron chi connectivity index (χ3n) is 5.39. The molecule has 182 valence electrons. The normalized spacial score (nSPS) is 12.2. The van der Waals surface area contributed by atoms with Gasteiger partial charge in [0, 0.05) is 5.69 Å². The number of hydrogen-bond acceptors (Lipinski definition) is 6. The van der Waals surface area contributed by atoms with Crippen molar-refractivity contribution in [3.8, 4) is 0 Å². The highest BCUT2D eigenvalue weighted by atomic mass is 19.1. The first-order chi connectivity index (χ1) is 17.2. The van der Waals surface area contributed by atoms with Gasteiger partial charge in [0.2, 0.25) is 5.91 Å². The molecule has 0 aliphatic carbocycles. The quantitative estimate of drug-likeness (QED) is 0.389. The van der Waals surface area contributed by atoms with E-state index in [1.165, 1.54) is 42.5 Å². The van der Waals surface area contributed by atoms with E-state index in [4.69, 9.17) is 4.74 Å². The molecule has 0 saturated heterocycles. The summed E-state index contributed by atoms with van der Waals surface area (Å²) >= 11 is 0. The molecule has 0 spiro atoms. The summed E-state index contributed by atoms with van der Waals surface area (Å²) in [6.45, 7) is 0.721. The van der Waals surface area contributed by atoms with Gasteiger partial charge in [0.25, 0.3) is 17.7 Å². The van der Waals surface area contributed by atoms with Gasteiger partial charge in [-0.3, -0.25) is 19.2 Å². The highest BCUT2D eigenvalue weighted by molar-refractivity contribution is 6.35. The van der Waals surface area contributed by atoms with E-state index in [-0.39, 0.29) is 16.7 Å². The molecule has 10 heteroatoms. The molecule has 1 aliphatic heterocycles. The molecule has 4 rings (SSSR count). The minimum absolute atomic E-state index is 0.0108. The Morgan fingerprint density at radius 1 is 0.889 bits per heavy atom. The second kappa shape index (κ2) is 10.2. The van der Waals surface area contributed by atoms with E-state index in [1.807, 2.05) is 0 Å². The molecule has 9 nitrogen and oxygen atoms in total. The number of esters is 1. The molecule has 36 heavy (non-hydrogen) atoms. The fraction of sp³-hybridized carbons (Fsp3) is 0.115. The molecular formula is C26H20FN3O6. The minimum atomic E-state index is -0.877. The third-order valence-corrected chi connectivity index (χ3v) is 5.39. The highest BCUT2D eigenvalue weighted by Gasteiger charge is 2.37. The lowest BCUT2D eigenvalue weighted by atomic mass is 10.1. The van der Waals surface area contributed by atoms with Crippen LogP contribution in [0.15, 0.2) is 66.7 Å². The van der Waals surface area contributed by atoms with Crippen LogP contribution in [-0.4, -0.2) is 42.7 Å². The molecule has 0 saturated carbocycles. The van der Waals surface area contributed by atoms with Crippen LogP contribution >= 0.6 is 0 Å². The van der Waals surface area contributed by atoms with Crippen LogP contribution in [0.25, 0.3) is 0 Å². The van der Waals surface area contributed by atoms with Gasteiger partial charge >= 0.3 is 5.97 Å². The second-order valence-corrected chi connectivity index (χ2v) is 7.90. The first kappa shape index (κ1) is 24.3. The van der Waals surface area contributed by atoms with Crippen molar-refractivity contribution in [3.63, 3.8) is 0 Å². The highest BCUT2D eigenvalue weighted by Crippen LogP contribution is 2.31. The SMILES string of the molecule is Cc1ccccc1N1C(=O)c2ccc(C(=O)OCC(=O)NCC(=O)Nc3ccc(F)cc3)cc2C1=O. The van der Waals surface area contributed by atoms with Crippen LogP contribution in [0, 0.1) is 12.7 Å². The van der Waals surface area contributed by atoms with Crippen molar-refractivity contribution in [1.29, 1.82) is 0 Å². The Morgan fingerprint density at radius 2 is 1.58 bits per heavy atom. The van der Waals surface area contributed by atoms with Gasteiger partial charge in [-0.2, -0.15) is 0 Å². The van der Waals surface area contributed by atoms with Gasteiger partial charge in [0.05, 0.1) is 28.9 Å². The zero-order chi connectivity index (χ0) is 25.8.